The Balaban J connectivity index is 1.74. The number of nitrogens with one attached hydrogen (secondary N) is 1. The van der Waals surface area contributed by atoms with E-state index in [4.69, 9.17) is 0 Å². The molecule has 3 rings (SSSR count). The number of rotatable bonds is 5. The smallest absolute Gasteiger partial charge is 0.350 e. The molecule has 2 aromatic heterocycles. The summed E-state index contributed by atoms with van der Waals surface area (Å²) in [4.78, 5) is 25.9. The van der Waals surface area contributed by atoms with Gasteiger partial charge in [0.25, 0.3) is 5.91 Å². The van der Waals surface area contributed by atoms with Crippen molar-refractivity contribution in [3.8, 4) is 0 Å². The first kappa shape index (κ1) is 15.8. The Morgan fingerprint density at radius 2 is 1.92 bits per heavy atom. The number of hydrogen-bond acceptors (Lipinski definition) is 4. The second-order valence-corrected chi connectivity index (χ2v) is 5.61. The van der Waals surface area contributed by atoms with Gasteiger partial charge in [0.1, 0.15) is 0 Å². The number of hydrogen-bond donors (Lipinski definition) is 1. The van der Waals surface area contributed by atoms with Crippen molar-refractivity contribution < 1.29 is 4.79 Å². The largest absolute Gasteiger partial charge is 0.383 e. The summed E-state index contributed by atoms with van der Waals surface area (Å²) in [5.74, 6) is -0.0667. The first-order valence-electron chi connectivity index (χ1n) is 7.66. The number of pyridine rings is 1. The molecule has 0 aliphatic rings. The van der Waals surface area contributed by atoms with Crippen LogP contribution in [0.3, 0.4) is 0 Å². The lowest BCUT2D eigenvalue weighted by molar-refractivity contribution is 0.0828. The van der Waals surface area contributed by atoms with Crippen LogP contribution in [0.2, 0.25) is 0 Å². The molecular weight excluding hydrogens is 306 g/mol. The molecule has 24 heavy (non-hydrogen) atoms. The molecule has 2 heterocycles. The van der Waals surface area contributed by atoms with Crippen molar-refractivity contribution in [2.24, 2.45) is 0 Å². The van der Waals surface area contributed by atoms with Crippen LogP contribution in [0.25, 0.3) is 5.65 Å². The Labute approximate surface area is 139 Å². The van der Waals surface area contributed by atoms with Crippen LogP contribution in [0.4, 0.5) is 5.69 Å². The number of para-hydroxylation sites is 1. The van der Waals surface area contributed by atoms with E-state index in [1.165, 1.54) is 14.0 Å². The van der Waals surface area contributed by atoms with Gasteiger partial charge in [-0.2, -0.15) is 0 Å². The highest BCUT2D eigenvalue weighted by molar-refractivity contribution is 5.99. The molecule has 0 fully saturated rings. The van der Waals surface area contributed by atoms with E-state index in [1.807, 2.05) is 24.3 Å². The van der Waals surface area contributed by atoms with Crippen LogP contribution >= 0.6 is 0 Å². The molecule has 0 spiro atoms. The van der Waals surface area contributed by atoms with Crippen molar-refractivity contribution in [2.45, 2.75) is 6.54 Å². The number of fused-ring (bicyclic) bond motifs is 1. The number of benzene rings is 1. The monoisotopic (exact) mass is 325 g/mol. The maximum Gasteiger partial charge on any atom is 0.350 e. The Kier molecular flexibility index (Phi) is 4.33. The number of carbonyl (C=O) groups excluding carboxylic acids is 1. The number of aromatic nitrogens is 3. The van der Waals surface area contributed by atoms with Crippen LogP contribution < -0.4 is 11.0 Å². The minimum atomic E-state index is -0.176. The molecule has 0 radical (unpaired) electrons. The third kappa shape index (κ3) is 3.01. The highest BCUT2D eigenvalue weighted by Crippen LogP contribution is 2.16. The van der Waals surface area contributed by atoms with E-state index < -0.39 is 0 Å². The highest BCUT2D eigenvalue weighted by Gasteiger charge is 2.12. The zero-order valence-corrected chi connectivity index (χ0v) is 13.6. The van der Waals surface area contributed by atoms with Gasteiger partial charge in [-0.1, -0.05) is 18.2 Å². The molecule has 0 aliphatic carbocycles. The predicted molar refractivity (Wildman–Crippen MR) is 92.4 cm³/mol. The molecule has 1 amide bonds. The van der Waals surface area contributed by atoms with E-state index in [0.29, 0.717) is 24.3 Å². The van der Waals surface area contributed by atoms with Gasteiger partial charge < -0.3 is 10.2 Å². The van der Waals surface area contributed by atoms with E-state index in [0.717, 1.165) is 5.69 Å². The van der Waals surface area contributed by atoms with Crippen molar-refractivity contribution in [1.82, 2.24) is 19.1 Å². The Hall–Kier alpha value is -3.09. The molecule has 1 aromatic carbocycles. The highest BCUT2D eigenvalue weighted by atomic mass is 16.2. The van der Waals surface area contributed by atoms with Gasteiger partial charge in [0, 0.05) is 32.5 Å². The summed E-state index contributed by atoms with van der Waals surface area (Å²) < 4.78 is 2.92. The Bertz CT molecular complexity index is 926. The van der Waals surface area contributed by atoms with Gasteiger partial charge in [-0.25, -0.2) is 9.48 Å². The number of carbonyl (C=O) groups is 1. The molecular formula is C17H19N5O2. The summed E-state index contributed by atoms with van der Waals surface area (Å²) in [6.07, 6.45) is 1.69. The predicted octanol–water partition coefficient (Wildman–Crippen LogP) is 1.31. The molecule has 0 saturated heterocycles. The average Bonchev–Trinajstić information content (AvgIpc) is 2.91. The molecule has 0 unspecified atom stereocenters. The Morgan fingerprint density at radius 3 is 2.67 bits per heavy atom. The third-order valence-corrected chi connectivity index (χ3v) is 3.69. The molecule has 1 N–H and O–H groups in total. The lowest BCUT2D eigenvalue weighted by Crippen LogP contribution is -2.26. The van der Waals surface area contributed by atoms with Crippen LogP contribution in [-0.4, -0.2) is 45.6 Å². The lowest BCUT2D eigenvalue weighted by Gasteiger charge is -2.15. The minimum Gasteiger partial charge on any atom is -0.383 e. The van der Waals surface area contributed by atoms with Gasteiger partial charge in [0.15, 0.2) is 5.65 Å². The third-order valence-electron chi connectivity index (χ3n) is 3.69. The van der Waals surface area contributed by atoms with Crippen molar-refractivity contribution in [3.05, 3.63) is 64.7 Å². The zero-order valence-electron chi connectivity index (χ0n) is 13.6. The normalized spacial score (nSPS) is 10.8. The van der Waals surface area contributed by atoms with Crippen LogP contribution in [0.15, 0.2) is 53.5 Å². The van der Waals surface area contributed by atoms with Crippen molar-refractivity contribution in [1.29, 1.82) is 0 Å². The summed E-state index contributed by atoms with van der Waals surface area (Å²) in [5, 5.41) is 7.49. The standard InChI is InChI=1S/C17H19N5O2/c1-20(2)16(23)13-7-3-4-8-14(13)18-10-12-22-17(24)21-11-6-5-9-15(21)19-22/h3-9,11,18H,10,12H2,1-2H3. The lowest BCUT2D eigenvalue weighted by atomic mass is 10.1. The molecule has 0 aliphatic heterocycles. The van der Waals surface area contributed by atoms with E-state index >= 15 is 0 Å². The Morgan fingerprint density at radius 1 is 1.17 bits per heavy atom. The molecule has 0 bridgehead atoms. The van der Waals surface area contributed by atoms with Crippen LogP contribution in [0.1, 0.15) is 10.4 Å². The molecule has 124 valence electrons. The van der Waals surface area contributed by atoms with Crippen molar-refractivity contribution >= 4 is 17.2 Å². The van der Waals surface area contributed by atoms with Gasteiger partial charge >= 0.3 is 5.69 Å². The maximum absolute atomic E-state index is 12.2. The van der Waals surface area contributed by atoms with Gasteiger partial charge in [-0.3, -0.25) is 9.20 Å². The van der Waals surface area contributed by atoms with Crippen molar-refractivity contribution in [2.75, 3.05) is 26.0 Å². The topological polar surface area (TPSA) is 71.6 Å². The van der Waals surface area contributed by atoms with E-state index in [2.05, 4.69) is 10.4 Å². The van der Waals surface area contributed by atoms with Crippen molar-refractivity contribution in [3.63, 3.8) is 0 Å². The average molecular weight is 325 g/mol. The van der Waals surface area contributed by atoms with Gasteiger partial charge in [0.2, 0.25) is 0 Å². The molecule has 3 aromatic rings. The summed E-state index contributed by atoms with van der Waals surface area (Å²) in [6.45, 7) is 0.895. The first-order valence-corrected chi connectivity index (χ1v) is 7.66. The van der Waals surface area contributed by atoms with Gasteiger partial charge in [-0.05, 0) is 24.3 Å². The fraction of sp³-hybridized carbons (Fsp3) is 0.235. The second-order valence-electron chi connectivity index (χ2n) is 5.61. The number of anilines is 1. The molecule has 0 saturated carbocycles. The van der Waals surface area contributed by atoms with Crippen LogP contribution in [0.5, 0.6) is 0 Å². The minimum absolute atomic E-state index is 0.0667. The quantitative estimate of drug-likeness (QED) is 0.768. The molecule has 7 heteroatoms. The van der Waals surface area contributed by atoms with Crippen LogP contribution in [0, 0.1) is 0 Å². The summed E-state index contributed by atoms with van der Waals surface area (Å²) in [7, 11) is 3.44. The molecule has 7 nitrogen and oxygen atoms in total. The number of amides is 1. The van der Waals surface area contributed by atoms with E-state index in [-0.39, 0.29) is 11.6 Å². The first-order chi connectivity index (χ1) is 11.6. The van der Waals surface area contributed by atoms with E-state index in [9.17, 15) is 9.59 Å². The fourth-order valence-electron chi connectivity index (χ4n) is 2.47. The van der Waals surface area contributed by atoms with Crippen LogP contribution in [-0.2, 0) is 6.54 Å². The zero-order chi connectivity index (χ0) is 17.1. The van der Waals surface area contributed by atoms with Gasteiger partial charge in [-0.15, -0.1) is 5.10 Å². The summed E-state index contributed by atoms with van der Waals surface area (Å²) in [6, 6.07) is 12.7. The summed E-state index contributed by atoms with van der Waals surface area (Å²) >= 11 is 0. The van der Waals surface area contributed by atoms with E-state index in [1.54, 1.807) is 38.5 Å². The second kappa shape index (κ2) is 6.57. The molecule has 0 atom stereocenters. The fourth-order valence-corrected chi connectivity index (χ4v) is 2.47. The summed E-state index contributed by atoms with van der Waals surface area (Å²) in [5.41, 5.74) is 1.79. The SMILES string of the molecule is CN(C)C(=O)c1ccccc1NCCn1nc2ccccn2c1=O. The maximum atomic E-state index is 12.2. The van der Waals surface area contributed by atoms with Gasteiger partial charge in [0.05, 0.1) is 12.1 Å². The number of nitrogens with zero attached hydrogens (tertiary/aromatic N) is 4.